The molecule has 0 spiro atoms. The molecule has 0 unspecified atom stereocenters. The van der Waals surface area contributed by atoms with Crippen molar-refractivity contribution in [2.24, 2.45) is 0 Å². The summed E-state index contributed by atoms with van der Waals surface area (Å²) in [7, 11) is 0. The molecule has 0 amide bonds. The monoisotopic (exact) mass is 334 g/mol. The molecular weight excluding hydrogens is 321 g/mol. The van der Waals surface area contributed by atoms with E-state index >= 15 is 0 Å². The maximum Gasteiger partial charge on any atom is 0.416 e. The minimum atomic E-state index is -4.35. The van der Waals surface area contributed by atoms with Gasteiger partial charge >= 0.3 is 6.18 Å². The quantitative estimate of drug-likeness (QED) is 0.615. The van der Waals surface area contributed by atoms with E-state index in [1.165, 1.54) is 12.3 Å². The van der Waals surface area contributed by atoms with Gasteiger partial charge in [0, 0.05) is 41.2 Å². The molecule has 21 heavy (non-hydrogen) atoms. The Bertz CT molecular complexity index is 604. The summed E-state index contributed by atoms with van der Waals surface area (Å²) >= 11 is 7.31. The van der Waals surface area contributed by atoms with Gasteiger partial charge in [0.05, 0.1) is 11.1 Å². The molecule has 0 bridgehead atoms. The van der Waals surface area contributed by atoms with E-state index in [0.29, 0.717) is 16.8 Å². The summed E-state index contributed by atoms with van der Waals surface area (Å²) in [6, 6.07) is 5.38. The molecule has 0 radical (unpaired) electrons. The van der Waals surface area contributed by atoms with Crippen molar-refractivity contribution in [1.29, 1.82) is 0 Å². The van der Waals surface area contributed by atoms with E-state index in [9.17, 15) is 13.2 Å². The van der Waals surface area contributed by atoms with E-state index in [-0.39, 0.29) is 0 Å². The molecular formula is C14H14ClF3N2S. The van der Waals surface area contributed by atoms with Gasteiger partial charge in [0.25, 0.3) is 0 Å². The third-order valence-corrected chi connectivity index (χ3v) is 4.25. The van der Waals surface area contributed by atoms with Gasteiger partial charge in [-0.15, -0.1) is 11.6 Å². The van der Waals surface area contributed by atoms with Gasteiger partial charge in [-0.3, -0.25) is 4.98 Å². The molecule has 0 aliphatic heterocycles. The number of fused-ring (bicyclic) bond motifs is 1. The van der Waals surface area contributed by atoms with Crippen molar-refractivity contribution in [3.8, 4) is 0 Å². The van der Waals surface area contributed by atoms with Crippen LogP contribution in [0, 0.1) is 0 Å². The first-order valence-corrected chi connectivity index (χ1v) is 8.05. The predicted octanol–water partition coefficient (Wildman–Crippen LogP) is 4.64. The second kappa shape index (κ2) is 7.22. The van der Waals surface area contributed by atoms with Gasteiger partial charge in [-0.05, 0) is 18.2 Å². The van der Waals surface area contributed by atoms with Crippen LogP contribution in [0.4, 0.5) is 18.9 Å². The first-order valence-electron chi connectivity index (χ1n) is 6.36. The zero-order chi connectivity index (χ0) is 15.3. The van der Waals surface area contributed by atoms with E-state index in [1.807, 2.05) is 0 Å². The third-order valence-electron chi connectivity index (χ3n) is 2.85. The average Bonchev–Trinajstić information content (AvgIpc) is 2.45. The average molecular weight is 335 g/mol. The highest BCUT2D eigenvalue weighted by Crippen LogP contribution is 2.32. The topological polar surface area (TPSA) is 24.9 Å². The first-order chi connectivity index (χ1) is 10.0. The van der Waals surface area contributed by atoms with Crippen molar-refractivity contribution in [3.05, 3.63) is 36.0 Å². The lowest BCUT2D eigenvalue weighted by molar-refractivity contribution is -0.137. The number of hydrogen-bond donors (Lipinski definition) is 1. The molecule has 0 aliphatic rings. The number of halogens is 4. The van der Waals surface area contributed by atoms with Gasteiger partial charge in [0.1, 0.15) is 0 Å². The Kier molecular flexibility index (Phi) is 5.58. The van der Waals surface area contributed by atoms with E-state index in [4.69, 9.17) is 11.6 Å². The van der Waals surface area contributed by atoms with Crippen LogP contribution < -0.4 is 5.32 Å². The highest BCUT2D eigenvalue weighted by Gasteiger charge is 2.30. The Morgan fingerprint density at radius 3 is 2.71 bits per heavy atom. The molecule has 2 nitrogen and oxygen atoms in total. The Morgan fingerprint density at radius 2 is 2.00 bits per heavy atom. The molecule has 7 heteroatoms. The molecule has 0 aliphatic carbocycles. The number of aromatic nitrogens is 1. The Morgan fingerprint density at radius 1 is 1.19 bits per heavy atom. The summed E-state index contributed by atoms with van der Waals surface area (Å²) in [5.41, 5.74) is 0.445. The predicted molar refractivity (Wildman–Crippen MR) is 83.3 cm³/mol. The van der Waals surface area contributed by atoms with Crippen molar-refractivity contribution in [2.45, 2.75) is 6.18 Å². The van der Waals surface area contributed by atoms with E-state index in [1.54, 1.807) is 17.8 Å². The van der Waals surface area contributed by atoms with Crippen LogP contribution in [0.1, 0.15) is 5.56 Å². The zero-order valence-corrected chi connectivity index (χ0v) is 12.7. The number of nitrogens with zero attached hydrogens (tertiary/aromatic N) is 1. The molecule has 1 N–H and O–H groups in total. The lowest BCUT2D eigenvalue weighted by atomic mass is 10.1. The van der Waals surface area contributed by atoms with Crippen LogP contribution in [0.15, 0.2) is 30.5 Å². The second-order valence-corrected chi connectivity index (χ2v) is 5.92. The van der Waals surface area contributed by atoms with Crippen LogP contribution in [0.3, 0.4) is 0 Å². The summed E-state index contributed by atoms with van der Waals surface area (Å²) < 4.78 is 38.0. The number of benzene rings is 1. The molecule has 1 heterocycles. The molecule has 0 atom stereocenters. The van der Waals surface area contributed by atoms with Gasteiger partial charge in [-0.25, -0.2) is 0 Å². The molecule has 1 aromatic carbocycles. The summed E-state index contributed by atoms with van der Waals surface area (Å²) in [5, 5.41) is 3.91. The van der Waals surface area contributed by atoms with Crippen LogP contribution in [-0.2, 0) is 6.18 Å². The summed E-state index contributed by atoms with van der Waals surface area (Å²) in [6.45, 7) is 0.724. The highest BCUT2D eigenvalue weighted by molar-refractivity contribution is 7.99. The smallest absolute Gasteiger partial charge is 0.384 e. The number of thioether (sulfide) groups is 1. The minimum absolute atomic E-state index is 0.336. The van der Waals surface area contributed by atoms with Gasteiger partial charge in [0.15, 0.2) is 0 Å². The van der Waals surface area contributed by atoms with Gasteiger partial charge < -0.3 is 5.32 Å². The molecule has 2 rings (SSSR count). The highest BCUT2D eigenvalue weighted by atomic mass is 35.5. The molecule has 0 saturated carbocycles. The van der Waals surface area contributed by atoms with E-state index in [2.05, 4.69) is 10.3 Å². The lowest BCUT2D eigenvalue weighted by Gasteiger charge is -2.11. The van der Waals surface area contributed by atoms with Crippen LogP contribution in [-0.4, -0.2) is 28.9 Å². The third kappa shape index (κ3) is 4.41. The van der Waals surface area contributed by atoms with E-state index < -0.39 is 11.7 Å². The van der Waals surface area contributed by atoms with Crippen molar-refractivity contribution in [1.82, 2.24) is 4.98 Å². The Labute approximate surface area is 130 Å². The SMILES string of the molecule is FC(F)(F)c1ccc2c(NCCSCCCl)ccnc2c1. The van der Waals surface area contributed by atoms with Crippen LogP contribution in [0.25, 0.3) is 10.9 Å². The molecule has 0 saturated heterocycles. The van der Waals surface area contributed by atoms with Crippen LogP contribution in [0.5, 0.6) is 0 Å². The normalized spacial score (nSPS) is 11.8. The maximum absolute atomic E-state index is 12.7. The fourth-order valence-electron chi connectivity index (χ4n) is 1.89. The number of pyridine rings is 1. The van der Waals surface area contributed by atoms with Gasteiger partial charge in [-0.1, -0.05) is 6.07 Å². The Balaban J connectivity index is 2.14. The Hall–Kier alpha value is -1.14. The van der Waals surface area contributed by atoms with Gasteiger partial charge in [-0.2, -0.15) is 24.9 Å². The zero-order valence-electron chi connectivity index (χ0n) is 11.1. The number of nitrogens with one attached hydrogen (secondary N) is 1. The lowest BCUT2D eigenvalue weighted by Crippen LogP contribution is -2.07. The second-order valence-electron chi connectivity index (χ2n) is 4.32. The summed E-state index contributed by atoms with van der Waals surface area (Å²) in [5.74, 6) is 2.38. The van der Waals surface area contributed by atoms with Crippen LogP contribution in [0.2, 0.25) is 0 Å². The fourth-order valence-corrected chi connectivity index (χ4v) is 2.78. The summed E-state index contributed by atoms with van der Waals surface area (Å²) in [6.07, 6.45) is -2.84. The van der Waals surface area contributed by atoms with Crippen molar-refractivity contribution < 1.29 is 13.2 Å². The first kappa shape index (κ1) is 16.2. The fraction of sp³-hybridized carbons (Fsp3) is 0.357. The standard InChI is InChI=1S/C14H14ClF3N2S/c15-4-7-21-8-6-20-12-3-5-19-13-9-10(14(16,17)18)1-2-11(12)13/h1-3,5,9H,4,6-8H2,(H,19,20). The largest absolute Gasteiger partial charge is 0.416 e. The van der Waals surface area contributed by atoms with Crippen LogP contribution >= 0.6 is 23.4 Å². The summed E-state index contributed by atoms with van der Waals surface area (Å²) in [4.78, 5) is 4.01. The molecule has 0 fully saturated rings. The molecule has 1 aromatic heterocycles. The number of anilines is 1. The molecule has 2 aromatic rings. The number of hydrogen-bond acceptors (Lipinski definition) is 3. The van der Waals surface area contributed by atoms with Crippen molar-refractivity contribution >= 4 is 40.0 Å². The molecule has 114 valence electrons. The van der Waals surface area contributed by atoms with Crippen molar-refractivity contribution in [2.75, 3.05) is 29.2 Å². The number of alkyl halides is 4. The van der Waals surface area contributed by atoms with E-state index in [0.717, 1.165) is 35.9 Å². The van der Waals surface area contributed by atoms with Crippen molar-refractivity contribution in [3.63, 3.8) is 0 Å². The number of rotatable bonds is 6. The maximum atomic E-state index is 12.7. The minimum Gasteiger partial charge on any atom is -0.384 e. The van der Waals surface area contributed by atoms with Gasteiger partial charge in [0.2, 0.25) is 0 Å².